The van der Waals surface area contributed by atoms with E-state index in [0.717, 1.165) is 17.0 Å². The lowest BCUT2D eigenvalue weighted by atomic mass is 10.2. The van der Waals surface area contributed by atoms with Crippen LogP contribution in [0.1, 0.15) is 0 Å². The maximum Gasteiger partial charge on any atom is 0.243 e. The fourth-order valence-corrected chi connectivity index (χ4v) is 2.20. The SMILES string of the molecule is COc1ccccc1-c1nc(Cl)nn1-c1ccccc1. The number of ether oxygens (including phenoxy) is 1. The van der Waals surface area contributed by atoms with Gasteiger partial charge in [0.2, 0.25) is 5.28 Å². The molecule has 4 nitrogen and oxygen atoms in total. The fraction of sp³-hybridized carbons (Fsp3) is 0.0667. The monoisotopic (exact) mass is 285 g/mol. The Labute approximate surface area is 121 Å². The van der Waals surface area contributed by atoms with Crippen molar-refractivity contribution in [1.29, 1.82) is 0 Å². The first-order valence-electron chi connectivity index (χ1n) is 6.11. The van der Waals surface area contributed by atoms with Crippen molar-refractivity contribution in [3.05, 3.63) is 59.9 Å². The molecule has 0 saturated carbocycles. The maximum absolute atomic E-state index is 5.98. The van der Waals surface area contributed by atoms with E-state index in [4.69, 9.17) is 16.3 Å². The van der Waals surface area contributed by atoms with Gasteiger partial charge >= 0.3 is 0 Å². The van der Waals surface area contributed by atoms with E-state index in [2.05, 4.69) is 10.1 Å². The molecule has 20 heavy (non-hydrogen) atoms. The molecule has 5 heteroatoms. The largest absolute Gasteiger partial charge is 0.496 e. The van der Waals surface area contributed by atoms with E-state index in [1.54, 1.807) is 11.8 Å². The van der Waals surface area contributed by atoms with Crippen LogP contribution >= 0.6 is 11.6 Å². The second kappa shape index (κ2) is 5.35. The number of hydrogen-bond acceptors (Lipinski definition) is 3. The Kier molecular flexibility index (Phi) is 3.39. The van der Waals surface area contributed by atoms with Gasteiger partial charge in [-0.3, -0.25) is 0 Å². The number of halogens is 1. The minimum absolute atomic E-state index is 0.203. The molecule has 0 unspecified atom stereocenters. The van der Waals surface area contributed by atoms with Crippen LogP contribution in [-0.4, -0.2) is 21.9 Å². The van der Waals surface area contributed by atoms with Crippen LogP contribution in [0, 0.1) is 0 Å². The average molecular weight is 286 g/mol. The molecule has 1 aromatic heterocycles. The average Bonchev–Trinajstić information content (AvgIpc) is 2.90. The predicted octanol–water partition coefficient (Wildman–Crippen LogP) is 3.60. The van der Waals surface area contributed by atoms with Gasteiger partial charge in [0.15, 0.2) is 5.82 Å². The quantitative estimate of drug-likeness (QED) is 0.738. The molecule has 0 aliphatic heterocycles. The number of hydrogen-bond donors (Lipinski definition) is 0. The summed E-state index contributed by atoms with van der Waals surface area (Å²) in [4.78, 5) is 4.30. The van der Waals surface area contributed by atoms with Crippen molar-refractivity contribution in [1.82, 2.24) is 14.8 Å². The van der Waals surface area contributed by atoms with E-state index in [0.29, 0.717) is 5.82 Å². The minimum Gasteiger partial charge on any atom is -0.496 e. The van der Waals surface area contributed by atoms with Crippen LogP contribution in [0.2, 0.25) is 5.28 Å². The first kappa shape index (κ1) is 12.7. The zero-order valence-electron chi connectivity index (χ0n) is 10.8. The molecule has 0 bridgehead atoms. The van der Waals surface area contributed by atoms with Gasteiger partial charge in [-0.05, 0) is 35.9 Å². The third kappa shape index (κ3) is 2.26. The Bertz CT molecular complexity index is 725. The second-order valence-electron chi connectivity index (χ2n) is 4.15. The molecule has 0 atom stereocenters. The van der Waals surface area contributed by atoms with Crippen molar-refractivity contribution in [3.63, 3.8) is 0 Å². The number of methoxy groups -OCH3 is 1. The highest BCUT2D eigenvalue weighted by atomic mass is 35.5. The molecular weight excluding hydrogens is 274 g/mol. The van der Waals surface area contributed by atoms with Gasteiger partial charge in [-0.2, -0.15) is 4.98 Å². The van der Waals surface area contributed by atoms with Crippen molar-refractivity contribution in [2.24, 2.45) is 0 Å². The van der Waals surface area contributed by atoms with Crippen molar-refractivity contribution in [2.75, 3.05) is 7.11 Å². The van der Waals surface area contributed by atoms with Crippen molar-refractivity contribution < 1.29 is 4.74 Å². The normalized spacial score (nSPS) is 10.5. The highest BCUT2D eigenvalue weighted by Crippen LogP contribution is 2.30. The van der Waals surface area contributed by atoms with E-state index in [-0.39, 0.29) is 5.28 Å². The summed E-state index contributed by atoms with van der Waals surface area (Å²) in [6.07, 6.45) is 0. The van der Waals surface area contributed by atoms with E-state index in [9.17, 15) is 0 Å². The molecule has 3 aromatic rings. The van der Waals surface area contributed by atoms with Gasteiger partial charge in [0, 0.05) is 0 Å². The number of aromatic nitrogens is 3. The van der Waals surface area contributed by atoms with Crippen LogP contribution < -0.4 is 4.74 Å². The molecule has 1 heterocycles. The van der Waals surface area contributed by atoms with Crippen LogP contribution in [-0.2, 0) is 0 Å². The second-order valence-corrected chi connectivity index (χ2v) is 4.49. The number of nitrogens with zero attached hydrogens (tertiary/aromatic N) is 3. The first-order chi connectivity index (χ1) is 9.79. The Hall–Kier alpha value is -2.33. The van der Waals surface area contributed by atoms with Gasteiger partial charge < -0.3 is 4.74 Å². The van der Waals surface area contributed by atoms with E-state index in [1.165, 1.54) is 0 Å². The Morgan fingerprint density at radius 2 is 1.70 bits per heavy atom. The molecule has 0 spiro atoms. The minimum atomic E-state index is 0.203. The van der Waals surface area contributed by atoms with Crippen LogP contribution in [0.15, 0.2) is 54.6 Å². The zero-order chi connectivity index (χ0) is 13.9. The van der Waals surface area contributed by atoms with Gasteiger partial charge in [0.05, 0.1) is 18.4 Å². The van der Waals surface area contributed by atoms with Crippen molar-refractivity contribution >= 4 is 11.6 Å². The zero-order valence-corrected chi connectivity index (χ0v) is 11.6. The van der Waals surface area contributed by atoms with Crippen LogP contribution in [0.3, 0.4) is 0 Å². The molecule has 0 saturated heterocycles. The topological polar surface area (TPSA) is 39.9 Å². The summed E-state index contributed by atoms with van der Waals surface area (Å²) in [5, 5.41) is 4.45. The molecule has 0 amide bonds. The van der Waals surface area contributed by atoms with Gasteiger partial charge in [-0.25, -0.2) is 4.68 Å². The molecule has 0 N–H and O–H groups in total. The molecule has 0 aliphatic carbocycles. The van der Waals surface area contributed by atoms with E-state index in [1.807, 2.05) is 54.6 Å². The first-order valence-corrected chi connectivity index (χ1v) is 6.49. The van der Waals surface area contributed by atoms with Crippen LogP contribution in [0.5, 0.6) is 5.75 Å². The van der Waals surface area contributed by atoms with E-state index < -0.39 is 0 Å². The van der Waals surface area contributed by atoms with Crippen LogP contribution in [0.25, 0.3) is 17.1 Å². The van der Waals surface area contributed by atoms with Crippen molar-refractivity contribution in [3.8, 4) is 22.8 Å². The van der Waals surface area contributed by atoms with E-state index >= 15 is 0 Å². The molecule has 0 aliphatic rings. The van der Waals surface area contributed by atoms with Gasteiger partial charge in [-0.1, -0.05) is 30.3 Å². The summed E-state index contributed by atoms with van der Waals surface area (Å²) in [5.74, 6) is 1.38. The van der Waals surface area contributed by atoms with Crippen LogP contribution in [0.4, 0.5) is 0 Å². The highest BCUT2D eigenvalue weighted by molar-refractivity contribution is 6.28. The van der Waals surface area contributed by atoms with Crippen molar-refractivity contribution in [2.45, 2.75) is 0 Å². The summed E-state index contributed by atoms with van der Waals surface area (Å²) in [7, 11) is 1.63. The van der Waals surface area contributed by atoms with Gasteiger partial charge in [-0.15, -0.1) is 5.10 Å². The summed E-state index contributed by atoms with van der Waals surface area (Å²) in [5.41, 5.74) is 1.74. The predicted molar refractivity (Wildman–Crippen MR) is 78.4 cm³/mol. The molecular formula is C15H12ClN3O. The molecule has 2 aromatic carbocycles. The third-order valence-corrected chi connectivity index (χ3v) is 3.09. The van der Waals surface area contributed by atoms with Gasteiger partial charge in [0.1, 0.15) is 5.75 Å². The maximum atomic E-state index is 5.98. The molecule has 0 fully saturated rings. The highest BCUT2D eigenvalue weighted by Gasteiger charge is 2.15. The Morgan fingerprint density at radius 1 is 1.00 bits per heavy atom. The lowest BCUT2D eigenvalue weighted by molar-refractivity contribution is 0.416. The lowest BCUT2D eigenvalue weighted by Gasteiger charge is -2.09. The fourth-order valence-electron chi connectivity index (χ4n) is 2.04. The Morgan fingerprint density at radius 3 is 2.45 bits per heavy atom. The molecule has 3 rings (SSSR count). The standard InChI is InChI=1S/C15H12ClN3O/c1-20-13-10-6-5-9-12(13)14-17-15(16)18-19(14)11-7-3-2-4-8-11/h2-10H,1H3. The summed E-state index contributed by atoms with van der Waals surface area (Å²) in [6, 6.07) is 17.4. The number of benzene rings is 2. The summed E-state index contributed by atoms with van der Waals surface area (Å²) in [6.45, 7) is 0. The van der Waals surface area contributed by atoms with Gasteiger partial charge in [0.25, 0.3) is 0 Å². The third-order valence-electron chi connectivity index (χ3n) is 2.93. The molecule has 100 valence electrons. The lowest BCUT2D eigenvalue weighted by Crippen LogP contribution is -2.00. The number of para-hydroxylation sites is 2. The number of rotatable bonds is 3. The molecule has 0 radical (unpaired) electrons. The summed E-state index contributed by atoms with van der Waals surface area (Å²) < 4.78 is 7.08. The smallest absolute Gasteiger partial charge is 0.243 e. The summed E-state index contributed by atoms with van der Waals surface area (Å²) >= 11 is 5.98. The Balaban J connectivity index is 2.20.